The SMILES string of the molecule is O=C1c2ccccc2C(=O)N1CCCCCCCN1CC=C(c2c[nH]c3ccc(OCc4ccccc4)cc23)CC1. The summed E-state index contributed by atoms with van der Waals surface area (Å²) in [6.45, 7) is 4.23. The molecule has 2 amide bonds. The number of aromatic amines is 1. The fourth-order valence-corrected chi connectivity index (χ4v) is 5.93. The highest BCUT2D eigenvalue weighted by Gasteiger charge is 2.34. The molecule has 2 aliphatic heterocycles. The first-order chi connectivity index (χ1) is 20.2. The first-order valence-corrected chi connectivity index (χ1v) is 14.8. The standard InChI is InChI=1S/C35H37N3O3/c39-34-29-13-7-8-14-30(29)35(40)38(34)20-10-3-1-2-9-19-37-21-17-27(18-22-37)32-24-36-33-16-15-28(23-31(32)33)41-25-26-11-5-4-6-12-26/h4-8,11-17,23-24,36H,1-3,9-10,18-22,25H2. The van der Waals surface area contributed by atoms with Gasteiger partial charge in [-0.15, -0.1) is 0 Å². The van der Waals surface area contributed by atoms with Crippen molar-refractivity contribution in [1.29, 1.82) is 0 Å². The zero-order valence-electron chi connectivity index (χ0n) is 23.5. The lowest BCUT2D eigenvalue weighted by molar-refractivity contribution is 0.0651. The molecule has 41 heavy (non-hydrogen) atoms. The topological polar surface area (TPSA) is 65.6 Å². The molecular weight excluding hydrogens is 510 g/mol. The summed E-state index contributed by atoms with van der Waals surface area (Å²) in [5, 5.41) is 1.22. The van der Waals surface area contributed by atoms with Crippen molar-refractivity contribution < 1.29 is 14.3 Å². The molecular formula is C35H37N3O3. The van der Waals surface area contributed by atoms with Crippen LogP contribution in [0.4, 0.5) is 0 Å². The fraction of sp³-hybridized carbons (Fsp3) is 0.314. The van der Waals surface area contributed by atoms with Crippen molar-refractivity contribution in [3.63, 3.8) is 0 Å². The average molecular weight is 548 g/mol. The number of ether oxygens (including phenoxy) is 1. The number of nitrogens with one attached hydrogen (secondary N) is 1. The van der Waals surface area contributed by atoms with Crippen molar-refractivity contribution in [2.24, 2.45) is 0 Å². The molecule has 3 aromatic carbocycles. The van der Waals surface area contributed by atoms with Gasteiger partial charge in [-0.3, -0.25) is 19.4 Å². The van der Waals surface area contributed by atoms with E-state index >= 15 is 0 Å². The molecule has 0 radical (unpaired) electrons. The summed E-state index contributed by atoms with van der Waals surface area (Å²) in [6.07, 6.45) is 10.9. The maximum atomic E-state index is 12.5. The van der Waals surface area contributed by atoms with Crippen molar-refractivity contribution in [3.05, 3.63) is 107 Å². The van der Waals surface area contributed by atoms with Crippen LogP contribution in [-0.2, 0) is 6.61 Å². The summed E-state index contributed by atoms with van der Waals surface area (Å²) in [5.41, 5.74) is 6.07. The number of H-pyrrole nitrogens is 1. The lowest BCUT2D eigenvalue weighted by Crippen LogP contribution is -2.30. The third kappa shape index (κ3) is 6.13. The van der Waals surface area contributed by atoms with E-state index in [0.717, 1.165) is 56.6 Å². The molecule has 6 nitrogen and oxygen atoms in total. The molecule has 210 valence electrons. The Labute approximate surface area is 241 Å². The van der Waals surface area contributed by atoms with E-state index in [-0.39, 0.29) is 11.8 Å². The lowest BCUT2D eigenvalue weighted by Gasteiger charge is -2.26. The number of rotatable bonds is 12. The minimum absolute atomic E-state index is 0.146. The number of carbonyl (C=O) groups is 2. The summed E-state index contributed by atoms with van der Waals surface area (Å²) in [7, 11) is 0. The molecule has 6 heteroatoms. The fourth-order valence-electron chi connectivity index (χ4n) is 5.93. The van der Waals surface area contributed by atoms with E-state index in [0.29, 0.717) is 24.3 Å². The van der Waals surface area contributed by atoms with Crippen LogP contribution < -0.4 is 4.74 Å². The van der Waals surface area contributed by atoms with Crippen LogP contribution in [0.2, 0.25) is 0 Å². The van der Waals surface area contributed by atoms with Gasteiger partial charge in [0.2, 0.25) is 0 Å². The van der Waals surface area contributed by atoms with Crippen molar-refractivity contribution in [2.75, 3.05) is 26.2 Å². The number of hydrogen-bond donors (Lipinski definition) is 1. The quantitative estimate of drug-likeness (QED) is 0.152. The van der Waals surface area contributed by atoms with E-state index in [1.165, 1.54) is 39.8 Å². The lowest BCUT2D eigenvalue weighted by atomic mass is 9.98. The van der Waals surface area contributed by atoms with Gasteiger partial charge in [-0.2, -0.15) is 0 Å². The van der Waals surface area contributed by atoms with Crippen LogP contribution in [-0.4, -0.2) is 52.8 Å². The molecule has 0 unspecified atom stereocenters. The number of nitrogens with zero attached hydrogens (tertiary/aromatic N) is 2. The number of amides is 2. The number of benzene rings is 3. The maximum absolute atomic E-state index is 12.5. The predicted octanol–water partition coefficient (Wildman–Crippen LogP) is 7.08. The Morgan fingerprint density at radius 2 is 1.46 bits per heavy atom. The molecule has 4 aromatic rings. The maximum Gasteiger partial charge on any atom is 0.261 e. The van der Waals surface area contributed by atoms with Gasteiger partial charge in [0.25, 0.3) is 11.8 Å². The van der Waals surface area contributed by atoms with Crippen LogP contribution in [0.3, 0.4) is 0 Å². The largest absolute Gasteiger partial charge is 0.489 e. The molecule has 0 atom stereocenters. The van der Waals surface area contributed by atoms with Gasteiger partial charge < -0.3 is 9.72 Å². The number of unbranched alkanes of at least 4 members (excludes halogenated alkanes) is 4. The Morgan fingerprint density at radius 3 is 2.20 bits per heavy atom. The van der Waals surface area contributed by atoms with Gasteiger partial charge in [-0.1, -0.05) is 67.8 Å². The Balaban J connectivity index is 0.922. The zero-order valence-corrected chi connectivity index (χ0v) is 23.5. The van der Waals surface area contributed by atoms with E-state index in [1.807, 2.05) is 36.4 Å². The normalized spacial score (nSPS) is 15.4. The van der Waals surface area contributed by atoms with Gasteiger partial charge in [0.1, 0.15) is 12.4 Å². The summed E-state index contributed by atoms with van der Waals surface area (Å²) < 4.78 is 6.08. The smallest absolute Gasteiger partial charge is 0.261 e. The average Bonchev–Trinajstić information content (AvgIpc) is 3.55. The first-order valence-electron chi connectivity index (χ1n) is 14.8. The van der Waals surface area contributed by atoms with Crippen LogP contribution >= 0.6 is 0 Å². The number of hydrogen-bond acceptors (Lipinski definition) is 4. The number of aromatic nitrogens is 1. The second-order valence-corrected chi connectivity index (χ2v) is 11.0. The Bertz CT molecular complexity index is 1520. The van der Waals surface area contributed by atoms with Crippen LogP contribution in [0.5, 0.6) is 5.75 Å². The molecule has 0 fully saturated rings. The van der Waals surface area contributed by atoms with Crippen molar-refractivity contribution >= 4 is 28.3 Å². The van der Waals surface area contributed by atoms with E-state index in [2.05, 4.69) is 46.4 Å². The molecule has 6 rings (SSSR count). The summed E-state index contributed by atoms with van der Waals surface area (Å²) in [4.78, 5) is 32.4. The molecule has 1 aromatic heterocycles. The third-order valence-corrected chi connectivity index (χ3v) is 8.27. The van der Waals surface area contributed by atoms with Crippen molar-refractivity contribution in [1.82, 2.24) is 14.8 Å². The molecule has 0 bridgehead atoms. The van der Waals surface area contributed by atoms with Gasteiger partial charge in [-0.05, 0) is 67.3 Å². The highest BCUT2D eigenvalue weighted by Crippen LogP contribution is 2.32. The molecule has 0 saturated carbocycles. The van der Waals surface area contributed by atoms with Crippen molar-refractivity contribution in [2.45, 2.75) is 45.1 Å². The third-order valence-electron chi connectivity index (χ3n) is 8.27. The Hall–Kier alpha value is -4.16. The van der Waals surface area contributed by atoms with E-state index < -0.39 is 0 Å². The van der Waals surface area contributed by atoms with Gasteiger partial charge in [-0.25, -0.2) is 0 Å². The van der Waals surface area contributed by atoms with E-state index in [4.69, 9.17) is 4.74 Å². The first kappa shape index (κ1) is 27.0. The van der Waals surface area contributed by atoms with E-state index in [9.17, 15) is 9.59 Å². The Morgan fingerprint density at radius 1 is 0.756 bits per heavy atom. The molecule has 1 N–H and O–H groups in total. The summed E-state index contributed by atoms with van der Waals surface area (Å²) in [6, 6.07) is 23.7. The molecule has 0 spiro atoms. The molecule has 2 aliphatic rings. The predicted molar refractivity (Wildman–Crippen MR) is 163 cm³/mol. The number of imide groups is 1. The summed E-state index contributed by atoms with van der Waals surface area (Å²) >= 11 is 0. The van der Waals surface area contributed by atoms with Gasteiger partial charge in [0.15, 0.2) is 0 Å². The molecule has 3 heterocycles. The minimum atomic E-state index is -0.146. The van der Waals surface area contributed by atoms with Crippen LogP contribution in [0.15, 0.2) is 85.1 Å². The summed E-state index contributed by atoms with van der Waals surface area (Å²) in [5.74, 6) is 0.601. The molecule has 0 aliphatic carbocycles. The van der Waals surface area contributed by atoms with Crippen molar-refractivity contribution in [3.8, 4) is 5.75 Å². The Kier molecular flexibility index (Phi) is 8.28. The van der Waals surface area contributed by atoms with Gasteiger partial charge >= 0.3 is 0 Å². The zero-order chi connectivity index (χ0) is 28.0. The minimum Gasteiger partial charge on any atom is -0.489 e. The monoisotopic (exact) mass is 547 g/mol. The van der Waals surface area contributed by atoms with Crippen LogP contribution in [0, 0.1) is 0 Å². The highest BCUT2D eigenvalue weighted by molar-refractivity contribution is 6.21. The van der Waals surface area contributed by atoms with Crippen LogP contribution in [0.25, 0.3) is 16.5 Å². The van der Waals surface area contributed by atoms with Crippen LogP contribution in [0.1, 0.15) is 70.4 Å². The van der Waals surface area contributed by atoms with Gasteiger partial charge in [0.05, 0.1) is 11.1 Å². The molecule has 0 saturated heterocycles. The highest BCUT2D eigenvalue weighted by atomic mass is 16.5. The van der Waals surface area contributed by atoms with Gasteiger partial charge in [0, 0.05) is 42.3 Å². The second kappa shape index (κ2) is 12.6. The van der Waals surface area contributed by atoms with E-state index in [1.54, 1.807) is 12.1 Å². The number of fused-ring (bicyclic) bond motifs is 2. The second-order valence-electron chi connectivity index (χ2n) is 11.0. The number of carbonyl (C=O) groups excluding carboxylic acids is 2.